The Bertz CT molecular complexity index is 439. The Morgan fingerprint density at radius 2 is 2.06 bits per heavy atom. The summed E-state index contributed by atoms with van der Waals surface area (Å²) in [6.45, 7) is 0. The predicted molar refractivity (Wildman–Crippen MR) is 63.7 cm³/mol. The number of Topliss-reactive ketones (excluding diaryl/α,β-unsaturated/α-hetero) is 1. The van der Waals surface area contributed by atoms with Gasteiger partial charge in [-0.3, -0.25) is 10.1 Å². The number of rotatable bonds is 3. The predicted octanol–water partition coefficient (Wildman–Crippen LogP) is 1.95. The number of pyridine rings is 1. The molecule has 1 aromatic rings. The lowest BCUT2D eigenvalue weighted by molar-refractivity contribution is 0.0923. The third kappa shape index (κ3) is 2.61. The number of anilines is 1. The smallest absolute Gasteiger partial charge is 0.317 e. The van der Waals surface area contributed by atoms with Crippen LogP contribution in [0.5, 0.6) is 0 Å². The fourth-order valence-electron chi connectivity index (χ4n) is 2.23. The average Bonchev–Trinajstić information content (AvgIpc) is 2.81. The van der Waals surface area contributed by atoms with Gasteiger partial charge >= 0.3 is 6.03 Å². The zero-order valence-electron chi connectivity index (χ0n) is 9.48. The lowest BCUT2D eigenvalue weighted by Crippen LogP contribution is -2.23. The number of ketones is 1. The minimum absolute atomic E-state index is 0.0550. The van der Waals surface area contributed by atoms with Gasteiger partial charge in [-0.05, 0) is 25.0 Å². The van der Waals surface area contributed by atoms with E-state index in [2.05, 4.69) is 10.3 Å². The van der Waals surface area contributed by atoms with Crippen molar-refractivity contribution in [1.82, 2.24) is 4.98 Å². The largest absolute Gasteiger partial charge is 0.351 e. The number of urea groups is 1. The van der Waals surface area contributed by atoms with E-state index in [0.29, 0.717) is 5.56 Å². The van der Waals surface area contributed by atoms with Gasteiger partial charge in [-0.25, -0.2) is 9.78 Å². The minimum atomic E-state index is -0.704. The normalized spacial score (nSPS) is 15.8. The van der Waals surface area contributed by atoms with Crippen molar-refractivity contribution in [2.24, 2.45) is 11.7 Å². The van der Waals surface area contributed by atoms with Gasteiger partial charge in [0.2, 0.25) is 0 Å². The number of nitrogens with one attached hydrogen (secondary N) is 1. The van der Waals surface area contributed by atoms with E-state index >= 15 is 0 Å². The summed E-state index contributed by atoms with van der Waals surface area (Å²) in [5.74, 6) is 0.379. The summed E-state index contributed by atoms with van der Waals surface area (Å²) in [6.07, 6.45) is 5.55. The Balaban J connectivity index is 2.24. The van der Waals surface area contributed by atoms with E-state index in [9.17, 15) is 9.59 Å². The first-order valence-corrected chi connectivity index (χ1v) is 5.74. The van der Waals surface area contributed by atoms with E-state index in [-0.39, 0.29) is 17.5 Å². The molecule has 1 aliphatic rings. The van der Waals surface area contributed by atoms with Crippen LogP contribution in [0, 0.1) is 5.92 Å². The van der Waals surface area contributed by atoms with Gasteiger partial charge in [-0.15, -0.1) is 0 Å². The van der Waals surface area contributed by atoms with Gasteiger partial charge in [0.1, 0.15) is 5.82 Å². The molecule has 17 heavy (non-hydrogen) atoms. The van der Waals surface area contributed by atoms with Crippen LogP contribution in [-0.4, -0.2) is 16.8 Å². The highest BCUT2D eigenvalue weighted by Gasteiger charge is 2.26. The summed E-state index contributed by atoms with van der Waals surface area (Å²) in [7, 11) is 0. The molecule has 5 heteroatoms. The maximum absolute atomic E-state index is 12.2. The second-order valence-corrected chi connectivity index (χ2v) is 4.23. The lowest BCUT2D eigenvalue weighted by Gasteiger charge is -2.11. The fourth-order valence-corrected chi connectivity index (χ4v) is 2.23. The summed E-state index contributed by atoms with van der Waals surface area (Å²) in [5, 5.41) is 2.38. The van der Waals surface area contributed by atoms with Crippen molar-refractivity contribution < 1.29 is 9.59 Å². The summed E-state index contributed by atoms with van der Waals surface area (Å²) in [4.78, 5) is 27.0. The number of hydrogen-bond acceptors (Lipinski definition) is 3. The molecular weight excluding hydrogens is 218 g/mol. The molecular formula is C12H15N3O2. The van der Waals surface area contributed by atoms with Gasteiger partial charge < -0.3 is 5.73 Å². The number of primary amides is 1. The number of aromatic nitrogens is 1. The molecule has 1 aromatic heterocycles. The van der Waals surface area contributed by atoms with Gasteiger partial charge in [0.25, 0.3) is 0 Å². The van der Waals surface area contributed by atoms with Crippen molar-refractivity contribution in [3.63, 3.8) is 0 Å². The van der Waals surface area contributed by atoms with Crippen molar-refractivity contribution in [3.05, 3.63) is 23.9 Å². The molecule has 5 nitrogen and oxygen atoms in total. The molecule has 90 valence electrons. The lowest BCUT2D eigenvalue weighted by atomic mass is 9.97. The molecule has 0 radical (unpaired) electrons. The van der Waals surface area contributed by atoms with Crippen LogP contribution in [0.15, 0.2) is 18.3 Å². The molecule has 0 bridgehead atoms. The van der Waals surface area contributed by atoms with Gasteiger partial charge in [0.15, 0.2) is 5.78 Å². The number of carbonyl (C=O) groups is 2. The van der Waals surface area contributed by atoms with Crippen molar-refractivity contribution >= 4 is 17.6 Å². The highest BCUT2D eigenvalue weighted by Crippen LogP contribution is 2.29. The van der Waals surface area contributed by atoms with Crippen LogP contribution >= 0.6 is 0 Å². The van der Waals surface area contributed by atoms with Crippen molar-refractivity contribution in [1.29, 1.82) is 0 Å². The molecule has 1 saturated carbocycles. The molecule has 0 unspecified atom stereocenters. The molecule has 0 aromatic carbocycles. The van der Waals surface area contributed by atoms with Crippen LogP contribution in [0.2, 0.25) is 0 Å². The Kier molecular flexibility index (Phi) is 3.37. The Labute approximate surface area is 99.4 Å². The molecule has 1 aliphatic carbocycles. The molecule has 0 aliphatic heterocycles. The molecule has 2 rings (SSSR count). The van der Waals surface area contributed by atoms with Crippen LogP contribution in [-0.2, 0) is 0 Å². The number of nitrogens with two attached hydrogens (primary N) is 1. The fraction of sp³-hybridized carbons (Fsp3) is 0.417. The summed E-state index contributed by atoms with van der Waals surface area (Å²) in [5.41, 5.74) is 5.50. The summed E-state index contributed by atoms with van der Waals surface area (Å²) >= 11 is 0. The average molecular weight is 233 g/mol. The van der Waals surface area contributed by atoms with E-state index in [1.165, 1.54) is 6.20 Å². The summed E-state index contributed by atoms with van der Waals surface area (Å²) < 4.78 is 0. The third-order valence-corrected chi connectivity index (χ3v) is 3.04. The van der Waals surface area contributed by atoms with Crippen LogP contribution in [0.25, 0.3) is 0 Å². The zero-order valence-corrected chi connectivity index (χ0v) is 9.48. The first-order chi connectivity index (χ1) is 8.18. The van der Waals surface area contributed by atoms with Gasteiger partial charge in [-0.1, -0.05) is 12.8 Å². The Hall–Kier alpha value is -1.91. The van der Waals surface area contributed by atoms with Crippen molar-refractivity contribution in [3.8, 4) is 0 Å². The highest BCUT2D eigenvalue weighted by molar-refractivity contribution is 6.04. The van der Waals surface area contributed by atoms with Crippen molar-refractivity contribution in [2.45, 2.75) is 25.7 Å². The van der Waals surface area contributed by atoms with Gasteiger partial charge in [0, 0.05) is 12.1 Å². The number of amides is 2. The first-order valence-electron chi connectivity index (χ1n) is 5.74. The molecule has 0 atom stereocenters. The van der Waals surface area contributed by atoms with Crippen LogP contribution in [0.4, 0.5) is 10.6 Å². The maximum Gasteiger partial charge on any atom is 0.317 e. The third-order valence-electron chi connectivity index (χ3n) is 3.04. The molecule has 1 heterocycles. The highest BCUT2D eigenvalue weighted by atomic mass is 16.2. The van der Waals surface area contributed by atoms with E-state index in [1.807, 2.05) is 0 Å². The van der Waals surface area contributed by atoms with Crippen LogP contribution in [0.3, 0.4) is 0 Å². The van der Waals surface area contributed by atoms with E-state index in [0.717, 1.165) is 25.7 Å². The molecule has 1 fully saturated rings. The topological polar surface area (TPSA) is 85.1 Å². The first kappa shape index (κ1) is 11.6. The monoisotopic (exact) mass is 233 g/mol. The molecule has 0 spiro atoms. The molecule has 2 amide bonds. The van der Waals surface area contributed by atoms with E-state index in [4.69, 9.17) is 5.73 Å². The quantitative estimate of drug-likeness (QED) is 0.782. The van der Waals surface area contributed by atoms with E-state index < -0.39 is 6.03 Å². The summed E-state index contributed by atoms with van der Waals surface area (Å²) in [6, 6.07) is 2.66. The maximum atomic E-state index is 12.2. The number of carbonyl (C=O) groups excluding carboxylic acids is 2. The Morgan fingerprint density at radius 1 is 1.35 bits per heavy atom. The second kappa shape index (κ2) is 4.95. The SMILES string of the molecule is NC(=O)Nc1ncccc1C(=O)C1CCCC1. The van der Waals surface area contributed by atoms with Gasteiger partial charge in [-0.2, -0.15) is 0 Å². The van der Waals surface area contributed by atoms with Crippen LogP contribution < -0.4 is 11.1 Å². The Morgan fingerprint density at radius 3 is 2.71 bits per heavy atom. The van der Waals surface area contributed by atoms with Crippen LogP contribution in [0.1, 0.15) is 36.0 Å². The number of nitrogens with zero attached hydrogens (tertiary/aromatic N) is 1. The zero-order chi connectivity index (χ0) is 12.3. The molecule has 0 saturated heterocycles. The minimum Gasteiger partial charge on any atom is -0.351 e. The second-order valence-electron chi connectivity index (χ2n) is 4.23. The van der Waals surface area contributed by atoms with Gasteiger partial charge in [0.05, 0.1) is 5.56 Å². The van der Waals surface area contributed by atoms with E-state index in [1.54, 1.807) is 12.1 Å². The van der Waals surface area contributed by atoms with Crippen molar-refractivity contribution in [2.75, 3.05) is 5.32 Å². The molecule has 3 N–H and O–H groups in total. The number of hydrogen-bond donors (Lipinski definition) is 2. The standard InChI is InChI=1S/C12H15N3O2/c13-12(17)15-11-9(6-3-7-14-11)10(16)8-4-1-2-5-8/h3,6-8H,1-2,4-5H2,(H3,13,14,15,17).